The van der Waals surface area contributed by atoms with Gasteiger partial charge >= 0.3 is 12.1 Å². The first-order valence-corrected chi connectivity index (χ1v) is 19.3. The molecular weight excluding hydrogens is 629 g/mol. The van der Waals surface area contributed by atoms with E-state index in [-0.39, 0.29) is 36.5 Å². The van der Waals surface area contributed by atoms with E-state index in [4.69, 9.17) is 4.74 Å². The molecule has 12 heteroatoms. The Kier molecular flexibility index (Phi) is 12.7. The average Bonchev–Trinajstić information content (AvgIpc) is 3.59. The van der Waals surface area contributed by atoms with Gasteiger partial charge in [0.05, 0.1) is 18.5 Å². The lowest BCUT2D eigenvalue weighted by Crippen LogP contribution is -2.61. The number of unbranched alkanes of at least 4 members (excludes halogenated alkanes) is 1. The zero-order valence-corrected chi connectivity index (χ0v) is 30.1. The predicted octanol–water partition coefficient (Wildman–Crippen LogP) is 5.15. The summed E-state index contributed by atoms with van der Waals surface area (Å²) in [6.45, 7) is 8.72. The molecule has 4 fully saturated rings. The van der Waals surface area contributed by atoms with Crippen LogP contribution in [0.3, 0.4) is 0 Å². The Morgan fingerprint density at radius 1 is 0.958 bits per heavy atom. The first-order valence-electron chi connectivity index (χ1n) is 18.4. The summed E-state index contributed by atoms with van der Waals surface area (Å²) in [5, 5.41) is 14.8. The minimum absolute atomic E-state index is 0.0206. The molecule has 48 heavy (non-hydrogen) atoms. The number of nitrogens with one attached hydrogen (secondary N) is 4. The number of alkyl carbamates (subject to hydrolysis) is 1. The number of nitrogens with zero attached hydrogens (tertiary/aromatic N) is 2. The van der Waals surface area contributed by atoms with Crippen molar-refractivity contribution >= 4 is 35.3 Å². The van der Waals surface area contributed by atoms with Gasteiger partial charge in [-0.1, -0.05) is 25.3 Å². The van der Waals surface area contributed by atoms with Gasteiger partial charge in [0.1, 0.15) is 5.60 Å². The molecule has 1 aromatic heterocycles. The number of urea groups is 1. The molecule has 0 unspecified atom stereocenters. The Balaban J connectivity index is 1.20. The van der Waals surface area contributed by atoms with E-state index in [0.29, 0.717) is 43.9 Å². The summed E-state index contributed by atoms with van der Waals surface area (Å²) in [6.07, 6.45) is 12.6. The molecule has 3 atom stereocenters. The van der Waals surface area contributed by atoms with E-state index in [0.717, 1.165) is 69.3 Å². The first-order chi connectivity index (χ1) is 23.0. The van der Waals surface area contributed by atoms with Crippen molar-refractivity contribution < 1.29 is 23.9 Å². The van der Waals surface area contributed by atoms with Gasteiger partial charge in [0.25, 0.3) is 0 Å². The van der Waals surface area contributed by atoms with Crippen LogP contribution in [0.2, 0.25) is 0 Å². The van der Waals surface area contributed by atoms with Crippen LogP contribution < -0.4 is 21.3 Å². The summed E-state index contributed by atoms with van der Waals surface area (Å²) >= 11 is 1.59. The molecule has 4 N–H and O–H groups in total. The lowest BCUT2D eigenvalue weighted by Gasteiger charge is -2.41. The molecular formula is C36H58N6O5S. The van der Waals surface area contributed by atoms with Crippen molar-refractivity contribution in [3.05, 3.63) is 22.4 Å². The molecule has 5 rings (SSSR count). The highest BCUT2D eigenvalue weighted by atomic mass is 32.1. The topological polar surface area (TPSA) is 132 Å². The van der Waals surface area contributed by atoms with Crippen LogP contribution in [0.25, 0.3) is 0 Å². The van der Waals surface area contributed by atoms with Crippen LogP contribution in [-0.2, 0) is 20.9 Å². The molecule has 268 valence electrons. The Bertz CT molecular complexity index is 1220. The Morgan fingerprint density at radius 2 is 1.71 bits per heavy atom. The van der Waals surface area contributed by atoms with Crippen molar-refractivity contribution in [2.24, 2.45) is 11.3 Å². The summed E-state index contributed by atoms with van der Waals surface area (Å²) in [6, 6.07) is 3.46. The van der Waals surface area contributed by atoms with Gasteiger partial charge in [0.2, 0.25) is 11.8 Å². The number of hydrogen-bond donors (Lipinski definition) is 4. The van der Waals surface area contributed by atoms with E-state index in [1.54, 1.807) is 11.3 Å². The minimum atomic E-state index is -0.548. The number of likely N-dealkylation sites (tertiary alicyclic amines) is 2. The fourth-order valence-electron chi connectivity index (χ4n) is 7.45. The molecule has 2 aliphatic heterocycles. The van der Waals surface area contributed by atoms with Crippen LogP contribution in [0.4, 0.5) is 9.59 Å². The number of amides is 5. The fourth-order valence-corrected chi connectivity index (χ4v) is 8.09. The maximum atomic E-state index is 14.2. The molecule has 3 heterocycles. The number of rotatable bonds is 12. The lowest BCUT2D eigenvalue weighted by atomic mass is 9.89. The lowest BCUT2D eigenvalue weighted by molar-refractivity contribution is -0.138. The second-order valence-electron chi connectivity index (χ2n) is 15.5. The van der Waals surface area contributed by atoms with Gasteiger partial charge < -0.3 is 35.8 Å². The maximum Gasteiger partial charge on any atom is 0.407 e. The first kappa shape index (κ1) is 36.4. The zero-order valence-electron chi connectivity index (χ0n) is 29.3. The fraction of sp³-hybridized carbons (Fsp3) is 0.778. The monoisotopic (exact) mass is 686 g/mol. The van der Waals surface area contributed by atoms with Crippen LogP contribution >= 0.6 is 11.3 Å². The van der Waals surface area contributed by atoms with E-state index in [1.165, 1.54) is 19.3 Å². The molecule has 0 bridgehead atoms. The van der Waals surface area contributed by atoms with Crippen LogP contribution in [0, 0.1) is 11.3 Å². The summed E-state index contributed by atoms with van der Waals surface area (Å²) in [7, 11) is 0. The smallest absolute Gasteiger partial charge is 0.407 e. The summed E-state index contributed by atoms with van der Waals surface area (Å²) in [5.74, 6) is -0.654. The molecule has 2 saturated carbocycles. The van der Waals surface area contributed by atoms with E-state index in [2.05, 4.69) is 21.3 Å². The quantitative estimate of drug-likeness (QED) is 0.225. The normalized spacial score (nSPS) is 23.3. The van der Waals surface area contributed by atoms with Gasteiger partial charge in [-0.25, -0.2) is 9.59 Å². The van der Waals surface area contributed by atoms with Crippen molar-refractivity contribution in [3.8, 4) is 0 Å². The number of ether oxygens (including phenoxy) is 1. The molecule has 2 saturated heterocycles. The second kappa shape index (κ2) is 16.7. The number of carbonyl (C=O) groups excluding carboxylic acids is 4. The van der Waals surface area contributed by atoms with Crippen LogP contribution in [0.5, 0.6) is 0 Å². The highest BCUT2D eigenvalue weighted by Gasteiger charge is 2.46. The van der Waals surface area contributed by atoms with E-state index in [1.807, 2.05) is 48.1 Å². The van der Waals surface area contributed by atoms with Crippen molar-refractivity contribution in [1.82, 2.24) is 31.1 Å². The van der Waals surface area contributed by atoms with Gasteiger partial charge in [-0.05, 0) is 102 Å². The van der Waals surface area contributed by atoms with Gasteiger partial charge in [-0.15, -0.1) is 11.3 Å². The van der Waals surface area contributed by atoms with Gasteiger partial charge in [-0.2, -0.15) is 0 Å². The predicted molar refractivity (Wildman–Crippen MR) is 188 cm³/mol. The average molecular weight is 687 g/mol. The second-order valence-corrected chi connectivity index (χ2v) is 16.5. The molecule has 5 amide bonds. The molecule has 1 spiro atoms. The standard InChI is InChI=1S/C36H58N6O5S/c1-35(2,3)47-34(46)37-19-8-7-13-30(39-26-10-5-4-6-11-26)32(44)42-20-14-29(28(25-42)31(43)38-24-27-12-9-23-48-27)40-33(45)41-21-17-36(15-16-36)18-22-41/h9,12,23,26,28-30,39H,4-8,10-11,13-22,24-25H2,1-3H3,(H,37,46)(H,38,43)(H,40,45)/t28-,29+,30+/m0/s1. The third-order valence-corrected chi connectivity index (χ3v) is 11.5. The van der Waals surface area contributed by atoms with E-state index >= 15 is 0 Å². The molecule has 0 aromatic carbocycles. The Hall–Kier alpha value is -2.86. The molecule has 1 aromatic rings. The van der Waals surface area contributed by atoms with Gasteiger partial charge in [0.15, 0.2) is 0 Å². The Morgan fingerprint density at radius 3 is 2.38 bits per heavy atom. The van der Waals surface area contributed by atoms with E-state index < -0.39 is 17.6 Å². The molecule has 0 radical (unpaired) electrons. The third kappa shape index (κ3) is 10.8. The van der Waals surface area contributed by atoms with Crippen molar-refractivity contribution in [3.63, 3.8) is 0 Å². The molecule has 2 aliphatic carbocycles. The maximum absolute atomic E-state index is 14.2. The largest absolute Gasteiger partial charge is 0.444 e. The van der Waals surface area contributed by atoms with E-state index in [9.17, 15) is 19.2 Å². The third-order valence-electron chi connectivity index (χ3n) is 10.6. The van der Waals surface area contributed by atoms with Crippen LogP contribution in [0.15, 0.2) is 17.5 Å². The summed E-state index contributed by atoms with van der Waals surface area (Å²) in [5.41, 5.74) is -0.0724. The number of piperidine rings is 2. The number of carbonyl (C=O) groups is 4. The van der Waals surface area contributed by atoms with Crippen molar-refractivity contribution in [2.75, 3.05) is 32.7 Å². The molecule has 4 aliphatic rings. The Labute approximate surface area is 290 Å². The zero-order chi connectivity index (χ0) is 34.1. The van der Waals surface area contributed by atoms with Gasteiger partial charge in [-0.3, -0.25) is 9.59 Å². The van der Waals surface area contributed by atoms with Crippen molar-refractivity contribution in [2.45, 2.75) is 135 Å². The highest BCUT2D eigenvalue weighted by molar-refractivity contribution is 7.09. The SMILES string of the molecule is CC(C)(C)OC(=O)NCCCC[C@@H](NC1CCCCC1)C(=O)N1CC[C@@H](NC(=O)N2CCC3(CC2)CC3)[C@@H](C(=O)NCc2cccs2)C1. The van der Waals surface area contributed by atoms with Gasteiger partial charge in [0, 0.05) is 49.7 Å². The minimum Gasteiger partial charge on any atom is -0.444 e. The summed E-state index contributed by atoms with van der Waals surface area (Å²) < 4.78 is 5.34. The van der Waals surface area contributed by atoms with Crippen LogP contribution in [-0.4, -0.2) is 90.2 Å². The summed E-state index contributed by atoms with van der Waals surface area (Å²) in [4.78, 5) is 58.2. The van der Waals surface area contributed by atoms with Crippen LogP contribution in [0.1, 0.15) is 109 Å². The molecule has 11 nitrogen and oxygen atoms in total. The number of thiophene rings is 1. The van der Waals surface area contributed by atoms with Crippen molar-refractivity contribution in [1.29, 1.82) is 0 Å². The number of hydrogen-bond acceptors (Lipinski definition) is 7. The highest BCUT2D eigenvalue weighted by Crippen LogP contribution is 2.53.